The van der Waals surface area contributed by atoms with Crippen molar-refractivity contribution in [1.82, 2.24) is 9.21 Å². The lowest BCUT2D eigenvalue weighted by Gasteiger charge is -2.31. The third-order valence-electron chi connectivity index (χ3n) is 5.27. The van der Waals surface area contributed by atoms with E-state index < -0.39 is 32.8 Å². The first-order valence-electron chi connectivity index (χ1n) is 9.41. The molecular weight excluding hydrogens is 394 g/mol. The van der Waals surface area contributed by atoms with Gasteiger partial charge in [-0.3, -0.25) is 15.0 Å². The molecule has 2 unspecified atom stereocenters. The Bertz CT molecular complexity index is 952. The summed E-state index contributed by atoms with van der Waals surface area (Å²) in [6.45, 7) is 1.64. The Kier molecular flexibility index (Phi) is 6.63. The second-order valence-corrected chi connectivity index (χ2v) is 9.32. The lowest BCUT2D eigenvalue weighted by atomic mass is 10.1. The van der Waals surface area contributed by atoms with Gasteiger partial charge in [0.05, 0.1) is 22.8 Å². The van der Waals surface area contributed by atoms with Gasteiger partial charge in [0.1, 0.15) is 0 Å². The summed E-state index contributed by atoms with van der Waals surface area (Å²) >= 11 is 0. The van der Waals surface area contributed by atoms with Crippen LogP contribution in [0.1, 0.15) is 23.6 Å². The number of aliphatic hydroxyl groups is 1. The molecule has 2 atom stereocenters. The molecule has 0 amide bonds. The standard InChI is InChI=1S/C20H25N3O5S/c1-21(29(27,28)15-17-9-5-6-10-19(17)23(25)26)20(16-7-3-2-4-8-16)14-22-12-11-18(24)13-22/h2-10,18,20,24H,11-15H2,1H3. The number of nitro benzene ring substituents is 1. The van der Waals surface area contributed by atoms with Crippen molar-refractivity contribution in [2.75, 3.05) is 26.7 Å². The van der Waals surface area contributed by atoms with Gasteiger partial charge in [-0.05, 0) is 12.0 Å². The molecule has 156 valence electrons. The number of nitrogens with zero attached hydrogens (tertiary/aromatic N) is 3. The van der Waals surface area contributed by atoms with Gasteiger partial charge in [0, 0.05) is 38.3 Å². The van der Waals surface area contributed by atoms with Gasteiger partial charge in [-0.2, -0.15) is 4.31 Å². The second-order valence-electron chi connectivity index (χ2n) is 7.29. The number of nitro groups is 1. The highest BCUT2D eigenvalue weighted by Crippen LogP contribution is 2.28. The van der Waals surface area contributed by atoms with Crippen molar-refractivity contribution in [2.24, 2.45) is 0 Å². The minimum Gasteiger partial charge on any atom is -0.392 e. The summed E-state index contributed by atoms with van der Waals surface area (Å²) in [5.41, 5.74) is 0.790. The van der Waals surface area contributed by atoms with E-state index in [0.717, 1.165) is 5.56 Å². The number of hydrogen-bond donors (Lipinski definition) is 1. The van der Waals surface area contributed by atoms with Crippen LogP contribution in [0.15, 0.2) is 54.6 Å². The van der Waals surface area contributed by atoms with Crippen LogP contribution in [0.5, 0.6) is 0 Å². The molecule has 1 aliphatic heterocycles. The molecule has 1 saturated heterocycles. The molecule has 1 heterocycles. The number of likely N-dealkylation sites (tertiary alicyclic amines) is 1. The van der Waals surface area contributed by atoms with Gasteiger partial charge >= 0.3 is 0 Å². The highest BCUT2D eigenvalue weighted by atomic mass is 32.2. The Labute approximate surface area is 170 Å². The minimum absolute atomic E-state index is 0.160. The fourth-order valence-electron chi connectivity index (χ4n) is 3.63. The molecule has 2 aromatic carbocycles. The quantitative estimate of drug-likeness (QED) is 0.519. The SMILES string of the molecule is CN(C(CN1CCC(O)C1)c1ccccc1)S(=O)(=O)Cc1ccccc1[N+](=O)[O-]. The highest BCUT2D eigenvalue weighted by molar-refractivity contribution is 7.88. The van der Waals surface area contributed by atoms with Crippen molar-refractivity contribution >= 4 is 15.7 Å². The molecular formula is C20H25N3O5S. The summed E-state index contributed by atoms with van der Waals surface area (Å²) < 4.78 is 27.6. The zero-order chi connectivity index (χ0) is 21.0. The number of sulfonamides is 1. The Balaban J connectivity index is 1.88. The molecule has 0 aliphatic carbocycles. The van der Waals surface area contributed by atoms with Gasteiger partial charge in [0.15, 0.2) is 0 Å². The number of aliphatic hydroxyl groups excluding tert-OH is 1. The molecule has 29 heavy (non-hydrogen) atoms. The summed E-state index contributed by atoms with van der Waals surface area (Å²) in [6, 6.07) is 14.7. The van der Waals surface area contributed by atoms with Crippen molar-refractivity contribution < 1.29 is 18.4 Å². The topological polar surface area (TPSA) is 104 Å². The van der Waals surface area contributed by atoms with E-state index in [1.807, 2.05) is 35.2 Å². The average Bonchev–Trinajstić information content (AvgIpc) is 3.11. The first-order valence-corrected chi connectivity index (χ1v) is 11.0. The van der Waals surface area contributed by atoms with Crippen molar-refractivity contribution in [3.05, 3.63) is 75.8 Å². The molecule has 9 heteroatoms. The molecule has 1 N–H and O–H groups in total. The number of benzene rings is 2. The van der Waals surface area contributed by atoms with Crippen LogP contribution in [0.2, 0.25) is 0 Å². The molecule has 1 fully saturated rings. The van der Waals surface area contributed by atoms with E-state index in [-0.39, 0.29) is 11.3 Å². The summed E-state index contributed by atoms with van der Waals surface area (Å²) in [5, 5.41) is 21.1. The van der Waals surface area contributed by atoms with Crippen LogP contribution in [0, 0.1) is 10.1 Å². The van der Waals surface area contributed by atoms with E-state index in [0.29, 0.717) is 26.1 Å². The number of rotatable bonds is 8. The maximum atomic E-state index is 13.2. The first kappa shape index (κ1) is 21.4. The van der Waals surface area contributed by atoms with Crippen molar-refractivity contribution in [3.63, 3.8) is 0 Å². The second kappa shape index (κ2) is 9.00. The maximum absolute atomic E-state index is 13.2. The molecule has 0 saturated carbocycles. The first-order chi connectivity index (χ1) is 13.8. The van der Waals surface area contributed by atoms with Gasteiger partial charge in [0.25, 0.3) is 5.69 Å². The molecule has 8 nitrogen and oxygen atoms in total. The van der Waals surface area contributed by atoms with Crippen LogP contribution in [-0.4, -0.2) is 60.4 Å². The Morgan fingerprint density at radius 1 is 1.21 bits per heavy atom. The van der Waals surface area contributed by atoms with Crippen LogP contribution in [-0.2, 0) is 15.8 Å². The molecule has 0 bridgehead atoms. The normalized spacial score (nSPS) is 18.8. The van der Waals surface area contributed by atoms with Gasteiger partial charge in [-0.1, -0.05) is 48.5 Å². The molecule has 0 spiro atoms. The molecule has 3 rings (SSSR count). The van der Waals surface area contributed by atoms with Crippen molar-refractivity contribution in [1.29, 1.82) is 0 Å². The Morgan fingerprint density at radius 2 is 1.86 bits per heavy atom. The largest absolute Gasteiger partial charge is 0.392 e. The zero-order valence-electron chi connectivity index (χ0n) is 16.2. The summed E-state index contributed by atoms with van der Waals surface area (Å²) in [4.78, 5) is 12.7. The van der Waals surface area contributed by atoms with E-state index in [4.69, 9.17) is 0 Å². The lowest BCUT2D eigenvalue weighted by molar-refractivity contribution is -0.385. The van der Waals surface area contributed by atoms with Crippen LogP contribution in [0.25, 0.3) is 0 Å². The molecule has 1 aliphatic rings. The molecule has 0 aromatic heterocycles. The smallest absolute Gasteiger partial charge is 0.273 e. The summed E-state index contributed by atoms with van der Waals surface area (Å²) in [6.07, 6.45) is 0.258. The molecule has 0 radical (unpaired) electrons. The van der Waals surface area contributed by atoms with Gasteiger partial charge in [-0.15, -0.1) is 0 Å². The number of likely N-dealkylation sites (N-methyl/N-ethyl adjacent to an activating group) is 1. The molecule has 2 aromatic rings. The van der Waals surface area contributed by atoms with E-state index >= 15 is 0 Å². The van der Waals surface area contributed by atoms with E-state index in [1.54, 1.807) is 6.07 Å². The van der Waals surface area contributed by atoms with E-state index in [1.165, 1.54) is 29.6 Å². The third kappa shape index (κ3) is 5.18. The lowest BCUT2D eigenvalue weighted by Crippen LogP contribution is -2.39. The van der Waals surface area contributed by atoms with Gasteiger partial charge in [0.2, 0.25) is 10.0 Å². The van der Waals surface area contributed by atoms with Crippen LogP contribution >= 0.6 is 0 Å². The predicted molar refractivity (Wildman–Crippen MR) is 110 cm³/mol. The monoisotopic (exact) mass is 419 g/mol. The van der Waals surface area contributed by atoms with Crippen molar-refractivity contribution in [2.45, 2.75) is 24.3 Å². The number of hydrogen-bond acceptors (Lipinski definition) is 6. The number of para-hydroxylation sites is 1. The van der Waals surface area contributed by atoms with Crippen LogP contribution in [0.3, 0.4) is 0 Å². The van der Waals surface area contributed by atoms with Crippen LogP contribution in [0.4, 0.5) is 5.69 Å². The van der Waals surface area contributed by atoms with E-state index in [2.05, 4.69) is 0 Å². The highest BCUT2D eigenvalue weighted by Gasteiger charge is 2.32. The van der Waals surface area contributed by atoms with E-state index in [9.17, 15) is 23.6 Å². The summed E-state index contributed by atoms with van der Waals surface area (Å²) in [7, 11) is -2.32. The average molecular weight is 420 g/mol. The predicted octanol–water partition coefficient (Wildman–Crippen LogP) is 2.16. The number of β-amino-alcohol motifs (C(OH)–C–C–N with tert-alkyl or cyclic N) is 1. The van der Waals surface area contributed by atoms with Gasteiger partial charge < -0.3 is 5.11 Å². The fourth-order valence-corrected chi connectivity index (χ4v) is 5.05. The Hall–Kier alpha value is -2.33. The minimum atomic E-state index is -3.83. The third-order valence-corrected chi connectivity index (χ3v) is 7.07. The fraction of sp³-hybridized carbons (Fsp3) is 0.400. The van der Waals surface area contributed by atoms with Crippen molar-refractivity contribution in [3.8, 4) is 0 Å². The maximum Gasteiger partial charge on any atom is 0.273 e. The Morgan fingerprint density at radius 3 is 2.48 bits per heavy atom. The zero-order valence-corrected chi connectivity index (χ0v) is 17.0. The van der Waals surface area contributed by atoms with Crippen LogP contribution < -0.4 is 0 Å². The van der Waals surface area contributed by atoms with Gasteiger partial charge in [-0.25, -0.2) is 8.42 Å². The summed E-state index contributed by atoms with van der Waals surface area (Å²) in [5.74, 6) is -0.452.